The molecule has 1 aliphatic carbocycles. The summed E-state index contributed by atoms with van der Waals surface area (Å²) in [4.78, 5) is 32.0. The van der Waals surface area contributed by atoms with Gasteiger partial charge in [0.15, 0.2) is 0 Å². The molecule has 0 aromatic carbocycles. The maximum absolute atomic E-state index is 11.9. The van der Waals surface area contributed by atoms with E-state index in [-0.39, 0.29) is 0 Å². The highest BCUT2D eigenvalue weighted by atomic mass is 79.9. The van der Waals surface area contributed by atoms with Crippen LogP contribution in [-0.4, -0.2) is 21.5 Å². The van der Waals surface area contributed by atoms with Crippen molar-refractivity contribution < 1.29 is 9.59 Å². The van der Waals surface area contributed by atoms with Gasteiger partial charge in [-0.05, 0) is 40.2 Å². The molecule has 0 atom stereocenters. The fourth-order valence-corrected chi connectivity index (χ4v) is 2.13. The van der Waals surface area contributed by atoms with Crippen LogP contribution in [0.5, 0.6) is 0 Å². The van der Waals surface area contributed by atoms with E-state index in [0.29, 0.717) is 27.1 Å². The van der Waals surface area contributed by atoms with Crippen LogP contribution >= 0.6 is 15.9 Å². The average molecular weight is 289 g/mol. The molecule has 0 N–H and O–H groups in total. The molecule has 0 radical (unpaired) electrons. The molecule has 1 aliphatic rings. The zero-order valence-electron chi connectivity index (χ0n) is 8.48. The van der Waals surface area contributed by atoms with Gasteiger partial charge in [-0.15, -0.1) is 0 Å². The van der Waals surface area contributed by atoms with Crippen LogP contribution in [0.3, 0.4) is 0 Å². The van der Waals surface area contributed by atoms with Crippen molar-refractivity contribution in [2.45, 2.75) is 0 Å². The van der Waals surface area contributed by atoms with Gasteiger partial charge in [-0.1, -0.05) is 0 Å². The van der Waals surface area contributed by atoms with E-state index < -0.39 is 11.6 Å². The molecule has 0 fully saturated rings. The number of fused-ring (bicyclic) bond motifs is 3. The third-order valence-corrected chi connectivity index (χ3v) is 3.03. The maximum atomic E-state index is 11.9. The Morgan fingerprint density at radius 2 is 1.65 bits per heavy atom. The first kappa shape index (κ1) is 10.3. The SMILES string of the molecule is O=C1C(=O)c2ccc(Br)nc2-c2ncccc21. The first-order chi connectivity index (χ1) is 8.18. The molecule has 0 saturated heterocycles. The van der Waals surface area contributed by atoms with Gasteiger partial charge in [0.05, 0.1) is 11.1 Å². The maximum Gasteiger partial charge on any atom is 0.235 e. The van der Waals surface area contributed by atoms with E-state index >= 15 is 0 Å². The van der Waals surface area contributed by atoms with E-state index in [1.165, 1.54) is 0 Å². The number of pyridine rings is 2. The van der Waals surface area contributed by atoms with Crippen LogP contribution in [0.4, 0.5) is 0 Å². The van der Waals surface area contributed by atoms with Crippen LogP contribution in [0.25, 0.3) is 11.4 Å². The predicted octanol–water partition coefficient (Wildman–Crippen LogP) is 2.29. The average Bonchev–Trinajstić information content (AvgIpc) is 2.36. The van der Waals surface area contributed by atoms with Crippen molar-refractivity contribution in [3.63, 3.8) is 0 Å². The van der Waals surface area contributed by atoms with Crippen molar-refractivity contribution >= 4 is 27.5 Å². The number of halogens is 1. The molecule has 0 bridgehead atoms. The monoisotopic (exact) mass is 288 g/mol. The minimum atomic E-state index is -0.527. The van der Waals surface area contributed by atoms with Crippen molar-refractivity contribution in [3.8, 4) is 11.4 Å². The summed E-state index contributed by atoms with van der Waals surface area (Å²) < 4.78 is 0.606. The van der Waals surface area contributed by atoms with Gasteiger partial charge in [0.1, 0.15) is 16.0 Å². The molecule has 2 heterocycles. The van der Waals surface area contributed by atoms with E-state index in [9.17, 15) is 9.59 Å². The predicted molar refractivity (Wildman–Crippen MR) is 63.8 cm³/mol. The number of carbonyl (C=O) groups excluding carboxylic acids is 2. The highest BCUT2D eigenvalue weighted by Gasteiger charge is 2.32. The number of rotatable bonds is 0. The van der Waals surface area contributed by atoms with Crippen LogP contribution in [0.1, 0.15) is 20.7 Å². The Labute approximate surface area is 105 Å². The quantitative estimate of drug-likeness (QED) is 0.551. The van der Waals surface area contributed by atoms with Gasteiger partial charge in [-0.3, -0.25) is 14.6 Å². The van der Waals surface area contributed by atoms with Crippen molar-refractivity contribution in [1.82, 2.24) is 9.97 Å². The summed E-state index contributed by atoms with van der Waals surface area (Å²) in [6.07, 6.45) is 1.58. The zero-order chi connectivity index (χ0) is 12.0. The highest BCUT2D eigenvalue weighted by Crippen LogP contribution is 2.30. The summed E-state index contributed by atoms with van der Waals surface area (Å²) in [7, 11) is 0. The third-order valence-electron chi connectivity index (χ3n) is 2.59. The number of Topliss-reactive ketones (excluding diaryl/α,β-unsaturated/α-hetero) is 2. The van der Waals surface area contributed by atoms with Crippen LogP contribution in [0.15, 0.2) is 35.1 Å². The van der Waals surface area contributed by atoms with Crippen molar-refractivity contribution in [1.29, 1.82) is 0 Å². The molecule has 0 aliphatic heterocycles. The lowest BCUT2D eigenvalue weighted by Gasteiger charge is -2.15. The second kappa shape index (κ2) is 3.56. The molecule has 17 heavy (non-hydrogen) atoms. The minimum absolute atomic E-state index is 0.310. The standard InChI is InChI=1S/C12H5BrN2O2/c13-8-4-3-7-10(15-8)9-6(2-1-5-14-9)11(16)12(7)17/h1-5H. The van der Waals surface area contributed by atoms with Crippen LogP contribution < -0.4 is 0 Å². The van der Waals surface area contributed by atoms with Crippen molar-refractivity contribution in [3.05, 3.63) is 46.2 Å². The fourth-order valence-electron chi connectivity index (χ4n) is 1.82. The smallest absolute Gasteiger partial charge is 0.235 e. The number of ketones is 2. The Morgan fingerprint density at radius 3 is 2.41 bits per heavy atom. The van der Waals surface area contributed by atoms with Gasteiger partial charge in [-0.25, -0.2) is 4.98 Å². The topological polar surface area (TPSA) is 59.9 Å². The van der Waals surface area contributed by atoms with Crippen LogP contribution in [0, 0.1) is 0 Å². The Kier molecular flexibility index (Phi) is 2.16. The second-order valence-corrected chi connectivity index (χ2v) is 4.40. The largest absolute Gasteiger partial charge is 0.285 e. The van der Waals surface area contributed by atoms with Gasteiger partial charge < -0.3 is 0 Å². The van der Waals surface area contributed by atoms with E-state index in [4.69, 9.17) is 0 Å². The molecule has 0 spiro atoms. The zero-order valence-corrected chi connectivity index (χ0v) is 10.1. The van der Waals surface area contributed by atoms with E-state index in [0.717, 1.165) is 0 Å². The van der Waals surface area contributed by atoms with Crippen molar-refractivity contribution in [2.24, 2.45) is 0 Å². The molecule has 3 rings (SSSR count). The summed E-state index contributed by atoms with van der Waals surface area (Å²) in [6.45, 7) is 0. The molecular weight excluding hydrogens is 284 g/mol. The molecular formula is C12H5BrN2O2. The normalized spacial score (nSPS) is 13.2. The van der Waals surface area contributed by atoms with Gasteiger partial charge in [0.2, 0.25) is 11.6 Å². The Morgan fingerprint density at radius 1 is 0.941 bits per heavy atom. The van der Waals surface area contributed by atoms with Gasteiger partial charge in [-0.2, -0.15) is 0 Å². The highest BCUT2D eigenvalue weighted by molar-refractivity contribution is 9.10. The first-order valence-electron chi connectivity index (χ1n) is 4.89. The van der Waals surface area contributed by atoms with Crippen molar-refractivity contribution in [2.75, 3.05) is 0 Å². The number of hydrogen-bond acceptors (Lipinski definition) is 4. The molecule has 82 valence electrons. The molecule has 2 aromatic heterocycles. The second-order valence-electron chi connectivity index (χ2n) is 3.59. The number of hydrogen-bond donors (Lipinski definition) is 0. The number of nitrogens with zero attached hydrogens (tertiary/aromatic N) is 2. The molecule has 0 amide bonds. The Hall–Kier alpha value is -1.88. The lowest BCUT2D eigenvalue weighted by molar-refractivity contribution is 0.0814. The van der Waals surface area contributed by atoms with Gasteiger partial charge in [0, 0.05) is 6.20 Å². The van der Waals surface area contributed by atoms with Gasteiger partial charge in [0.25, 0.3) is 0 Å². The first-order valence-corrected chi connectivity index (χ1v) is 5.69. The van der Waals surface area contributed by atoms with E-state index in [1.54, 1.807) is 30.5 Å². The number of carbonyl (C=O) groups is 2. The van der Waals surface area contributed by atoms with Crippen LogP contribution in [-0.2, 0) is 0 Å². The fraction of sp³-hybridized carbons (Fsp3) is 0. The Bertz CT molecular complexity index is 667. The third kappa shape index (κ3) is 1.43. The summed E-state index contributed by atoms with van der Waals surface area (Å²) in [6, 6.07) is 6.45. The summed E-state index contributed by atoms with van der Waals surface area (Å²) >= 11 is 3.24. The lowest BCUT2D eigenvalue weighted by atomic mass is 9.91. The molecule has 2 aromatic rings. The molecule has 0 saturated carbocycles. The summed E-state index contributed by atoms with van der Waals surface area (Å²) in [5, 5.41) is 0. The summed E-state index contributed by atoms with van der Waals surface area (Å²) in [5.41, 5.74) is 1.55. The Balaban J connectivity index is 2.41. The van der Waals surface area contributed by atoms with Gasteiger partial charge >= 0.3 is 0 Å². The van der Waals surface area contributed by atoms with E-state index in [2.05, 4.69) is 25.9 Å². The van der Waals surface area contributed by atoms with Crippen LogP contribution in [0.2, 0.25) is 0 Å². The summed E-state index contributed by atoms with van der Waals surface area (Å²) in [5.74, 6) is -1.05. The minimum Gasteiger partial charge on any atom is -0.285 e. The number of aromatic nitrogens is 2. The molecule has 0 unspecified atom stereocenters. The lowest BCUT2D eigenvalue weighted by Crippen LogP contribution is -2.22. The molecule has 4 nitrogen and oxygen atoms in total. The molecule has 5 heteroatoms. The van der Waals surface area contributed by atoms with E-state index in [1.807, 2.05) is 0 Å².